The van der Waals surface area contributed by atoms with Crippen LogP contribution in [0.15, 0.2) is 0 Å². The predicted octanol–water partition coefficient (Wildman–Crippen LogP) is 7.06. The number of carbonyl (C=O) groups excluding carboxylic acids is 1. The van der Waals surface area contributed by atoms with E-state index in [1.807, 2.05) is 6.92 Å². The van der Waals surface area contributed by atoms with E-state index in [4.69, 9.17) is 4.74 Å². The highest BCUT2D eigenvalue weighted by molar-refractivity contribution is 5.72. The third kappa shape index (κ3) is 14.8. The van der Waals surface area contributed by atoms with Crippen LogP contribution in [0.2, 0.25) is 0 Å². The van der Waals surface area contributed by atoms with Gasteiger partial charge in [0.1, 0.15) is 0 Å². The Labute approximate surface area is 145 Å². The molecule has 0 fully saturated rings. The number of esters is 1. The third-order valence-corrected chi connectivity index (χ3v) is 4.66. The van der Waals surface area contributed by atoms with Gasteiger partial charge in [-0.15, -0.1) is 0 Å². The first-order valence-corrected chi connectivity index (χ1v) is 10.4. The van der Waals surface area contributed by atoms with Crippen molar-refractivity contribution in [3.63, 3.8) is 0 Å². The minimum Gasteiger partial charge on any atom is -0.466 e. The summed E-state index contributed by atoms with van der Waals surface area (Å²) < 4.78 is 5.18. The fraction of sp³-hybridized carbons (Fsp3) is 0.952. The van der Waals surface area contributed by atoms with E-state index in [9.17, 15) is 4.79 Å². The van der Waals surface area contributed by atoms with Crippen molar-refractivity contribution in [2.45, 2.75) is 117 Å². The van der Waals surface area contributed by atoms with Gasteiger partial charge in [-0.25, -0.2) is 0 Å². The summed E-state index contributed by atoms with van der Waals surface area (Å²) in [6, 6.07) is 0. The van der Waals surface area contributed by atoms with Crippen LogP contribution in [-0.2, 0) is 9.53 Å². The zero-order valence-electron chi connectivity index (χ0n) is 16.2. The Hall–Kier alpha value is -0.530. The van der Waals surface area contributed by atoms with Crippen molar-refractivity contribution in [3.8, 4) is 0 Å². The van der Waals surface area contributed by atoms with Crippen LogP contribution in [0.4, 0.5) is 0 Å². The molecule has 0 saturated carbocycles. The van der Waals surface area contributed by atoms with Crippen molar-refractivity contribution < 1.29 is 9.53 Å². The lowest BCUT2D eigenvalue weighted by Crippen LogP contribution is -2.17. The van der Waals surface area contributed by atoms with E-state index in [2.05, 4.69) is 13.8 Å². The molecule has 0 aromatic heterocycles. The summed E-state index contributed by atoms with van der Waals surface area (Å²) in [7, 11) is 0. The summed E-state index contributed by atoms with van der Waals surface area (Å²) in [5.41, 5.74) is 0. The van der Waals surface area contributed by atoms with Crippen LogP contribution in [0.25, 0.3) is 0 Å². The molecule has 0 aliphatic carbocycles. The lowest BCUT2D eigenvalue weighted by Gasteiger charge is -2.14. The quantitative estimate of drug-likeness (QED) is 0.211. The van der Waals surface area contributed by atoms with Gasteiger partial charge in [-0.1, -0.05) is 97.3 Å². The summed E-state index contributed by atoms with van der Waals surface area (Å²) in [5, 5.41) is 0. The average Bonchev–Trinajstić information content (AvgIpc) is 2.55. The lowest BCUT2D eigenvalue weighted by atomic mass is 9.96. The molecule has 23 heavy (non-hydrogen) atoms. The van der Waals surface area contributed by atoms with E-state index in [1.165, 1.54) is 77.0 Å². The van der Waals surface area contributed by atoms with Gasteiger partial charge in [0.05, 0.1) is 12.5 Å². The normalized spacial score (nSPS) is 12.3. The molecule has 2 heteroatoms. The number of unbranched alkanes of at least 4 members (excludes halogenated alkanes) is 11. The van der Waals surface area contributed by atoms with E-state index in [-0.39, 0.29) is 11.9 Å². The smallest absolute Gasteiger partial charge is 0.308 e. The van der Waals surface area contributed by atoms with Gasteiger partial charge in [0, 0.05) is 0 Å². The van der Waals surface area contributed by atoms with Crippen molar-refractivity contribution in [3.05, 3.63) is 0 Å². The van der Waals surface area contributed by atoms with Crippen molar-refractivity contribution in [2.24, 2.45) is 5.92 Å². The molecule has 0 amide bonds. The monoisotopic (exact) mass is 326 g/mol. The Kier molecular flexibility index (Phi) is 17.4. The van der Waals surface area contributed by atoms with Gasteiger partial charge in [-0.05, 0) is 19.8 Å². The van der Waals surface area contributed by atoms with Gasteiger partial charge in [-0.3, -0.25) is 4.79 Å². The van der Waals surface area contributed by atoms with Gasteiger partial charge < -0.3 is 4.74 Å². The first-order chi connectivity index (χ1) is 11.3. The van der Waals surface area contributed by atoms with Crippen LogP contribution in [-0.4, -0.2) is 12.6 Å². The molecule has 0 saturated heterocycles. The van der Waals surface area contributed by atoms with Crippen LogP contribution in [0.5, 0.6) is 0 Å². The molecule has 0 aromatic carbocycles. The maximum atomic E-state index is 11.8. The molecule has 0 spiro atoms. The summed E-state index contributed by atoms with van der Waals surface area (Å²) in [6.45, 7) is 6.83. The zero-order chi connectivity index (χ0) is 17.2. The minimum atomic E-state index is 0.0254. The Morgan fingerprint density at radius 1 is 0.652 bits per heavy atom. The Morgan fingerprint density at radius 3 is 1.57 bits per heavy atom. The van der Waals surface area contributed by atoms with Crippen molar-refractivity contribution in [2.75, 3.05) is 6.61 Å². The van der Waals surface area contributed by atoms with E-state index < -0.39 is 0 Å². The molecule has 0 aliphatic heterocycles. The van der Waals surface area contributed by atoms with Crippen molar-refractivity contribution >= 4 is 5.97 Å². The van der Waals surface area contributed by atoms with Crippen LogP contribution >= 0.6 is 0 Å². The number of ether oxygens (including phenoxy) is 1. The highest BCUT2D eigenvalue weighted by Crippen LogP contribution is 2.19. The van der Waals surface area contributed by atoms with Crippen LogP contribution in [0.1, 0.15) is 117 Å². The third-order valence-electron chi connectivity index (χ3n) is 4.66. The molecule has 2 nitrogen and oxygen atoms in total. The number of hydrogen-bond acceptors (Lipinski definition) is 2. The first-order valence-electron chi connectivity index (χ1n) is 10.4. The molecule has 1 unspecified atom stereocenters. The van der Waals surface area contributed by atoms with Crippen LogP contribution in [0.3, 0.4) is 0 Å². The summed E-state index contributed by atoms with van der Waals surface area (Å²) in [4.78, 5) is 11.8. The number of rotatable bonds is 17. The second-order valence-electron chi connectivity index (χ2n) is 6.92. The lowest BCUT2D eigenvalue weighted by molar-refractivity contribution is -0.148. The molecule has 0 N–H and O–H groups in total. The highest BCUT2D eigenvalue weighted by atomic mass is 16.5. The van der Waals surface area contributed by atoms with Crippen LogP contribution in [0, 0.1) is 5.92 Å². The number of carbonyl (C=O) groups is 1. The fourth-order valence-electron chi connectivity index (χ4n) is 3.22. The van der Waals surface area contributed by atoms with Gasteiger partial charge in [-0.2, -0.15) is 0 Å². The molecule has 0 rings (SSSR count). The SMILES string of the molecule is CCCCCCCCCCCCCCC(CCC)C(=O)OCC. The standard InChI is InChI=1S/C21H42O2/c1-4-7-8-9-10-11-12-13-14-15-16-17-19-20(18-5-2)21(22)23-6-3/h20H,4-19H2,1-3H3. The van der Waals surface area contributed by atoms with Gasteiger partial charge >= 0.3 is 5.97 Å². The van der Waals surface area contributed by atoms with Crippen molar-refractivity contribution in [1.82, 2.24) is 0 Å². The first kappa shape index (κ1) is 22.5. The second-order valence-corrected chi connectivity index (χ2v) is 6.92. The van der Waals surface area contributed by atoms with E-state index in [0.29, 0.717) is 6.61 Å². The summed E-state index contributed by atoms with van der Waals surface area (Å²) in [6.07, 6.45) is 19.5. The van der Waals surface area contributed by atoms with Crippen molar-refractivity contribution in [1.29, 1.82) is 0 Å². The van der Waals surface area contributed by atoms with E-state index in [1.54, 1.807) is 0 Å². The molecule has 1 atom stereocenters. The van der Waals surface area contributed by atoms with E-state index in [0.717, 1.165) is 19.3 Å². The van der Waals surface area contributed by atoms with Crippen LogP contribution < -0.4 is 0 Å². The average molecular weight is 327 g/mol. The second kappa shape index (κ2) is 17.8. The zero-order valence-corrected chi connectivity index (χ0v) is 16.2. The Morgan fingerprint density at radius 2 is 1.13 bits per heavy atom. The molecule has 0 aliphatic rings. The number of hydrogen-bond donors (Lipinski definition) is 0. The molecule has 0 heterocycles. The summed E-state index contributed by atoms with van der Waals surface area (Å²) in [5.74, 6) is 0.167. The minimum absolute atomic E-state index is 0.0254. The Balaban J connectivity index is 3.40. The maximum absolute atomic E-state index is 11.8. The van der Waals surface area contributed by atoms with Gasteiger partial charge in [0.15, 0.2) is 0 Å². The van der Waals surface area contributed by atoms with Gasteiger partial charge in [0.25, 0.3) is 0 Å². The molecule has 138 valence electrons. The molecule has 0 bridgehead atoms. The molecule has 0 radical (unpaired) electrons. The highest BCUT2D eigenvalue weighted by Gasteiger charge is 2.17. The fourth-order valence-corrected chi connectivity index (χ4v) is 3.22. The van der Waals surface area contributed by atoms with Gasteiger partial charge in [0.2, 0.25) is 0 Å². The van der Waals surface area contributed by atoms with E-state index >= 15 is 0 Å². The molecular weight excluding hydrogens is 284 g/mol. The molecular formula is C21H42O2. The largest absolute Gasteiger partial charge is 0.466 e. The maximum Gasteiger partial charge on any atom is 0.308 e. The summed E-state index contributed by atoms with van der Waals surface area (Å²) >= 11 is 0. The molecule has 0 aromatic rings. The predicted molar refractivity (Wildman–Crippen MR) is 101 cm³/mol. The Bertz CT molecular complexity index is 250. The topological polar surface area (TPSA) is 26.3 Å².